The molecule has 0 aliphatic carbocycles. The highest BCUT2D eigenvalue weighted by molar-refractivity contribution is 6.32. The summed E-state index contributed by atoms with van der Waals surface area (Å²) in [5, 5.41) is 6.61. The number of rotatable bonds is 3. The molecule has 92 valence electrons. The van der Waals surface area contributed by atoms with Crippen molar-refractivity contribution in [2.24, 2.45) is 0 Å². The summed E-state index contributed by atoms with van der Waals surface area (Å²) in [6, 6.07) is 5.81. The first-order chi connectivity index (χ1) is 8.19. The van der Waals surface area contributed by atoms with Crippen LogP contribution in [0.2, 0.25) is 5.02 Å². The molecule has 4 nitrogen and oxygen atoms in total. The molecule has 1 aromatic carbocycles. The van der Waals surface area contributed by atoms with Crippen molar-refractivity contribution in [1.29, 1.82) is 0 Å². The lowest BCUT2D eigenvalue weighted by atomic mass is 10.0. The summed E-state index contributed by atoms with van der Waals surface area (Å²) in [4.78, 5) is 11.2. The van der Waals surface area contributed by atoms with E-state index in [1.807, 2.05) is 18.2 Å². The molecular formula is C12H15ClN2O2. The molecule has 1 saturated heterocycles. The van der Waals surface area contributed by atoms with Crippen molar-refractivity contribution in [3.63, 3.8) is 0 Å². The van der Waals surface area contributed by atoms with Crippen LogP contribution in [0.1, 0.15) is 5.56 Å². The molecule has 2 N–H and O–H groups in total. The highest BCUT2D eigenvalue weighted by Crippen LogP contribution is 2.25. The number of methoxy groups -OCH3 is 1. The smallest absolute Gasteiger partial charge is 0.234 e. The predicted octanol–water partition coefficient (Wildman–Crippen LogP) is 0.979. The van der Waals surface area contributed by atoms with Crippen LogP contribution in [0.25, 0.3) is 0 Å². The quantitative estimate of drug-likeness (QED) is 0.846. The second-order valence-corrected chi connectivity index (χ2v) is 4.48. The van der Waals surface area contributed by atoms with Gasteiger partial charge in [0.15, 0.2) is 0 Å². The third-order valence-electron chi connectivity index (χ3n) is 2.74. The van der Waals surface area contributed by atoms with Gasteiger partial charge in [-0.3, -0.25) is 4.79 Å². The highest BCUT2D eigenvalue weighted by atomic mass is 35.5. The molecule has 0 saturated carbocycles. The van der Waals surface area contributed by atoms with Gasteiger partial charge < -0.3 is 15.4 Å². The van der Waals surface area contributed by atoms with Crippen LogP contribution in [-0.4, -0.2) is 32.1 Å². The first-order valence-corrected chi connectivity index (χ1v) is 5.89. The van der Waals surface area contributed by atoms with E-state index in [2.05, 4.69) is 10.6 Å². The normalized spacial score (nSPS) is 19.9. The average molecular weight is 255 g/mol. The van der Waals surface area contributed by atoms with Crippen LogP contribution in [-0.2, 0) is 11.2 Å². The summed E-state index contributed by atoms with van der Waals surface area (Å²) in [5.41, 5.74) is 1.09. The van der Waals surface area contributed by atoms with Gasteiger partial charge in [0, 0.05) is 12.6 Å². The van der Waals surface area contributed by atoms with Crippen LogP contribution in [0, 0.1) is 0 Å². The van der Waals surface area contributed by atoms with Gasteiger partial charge in [-0.1, -0.05) is 17.7 Å². The van der Waals surface area contributed by atoms with Gasteiger partial charge in [0.05, 0.1) is 18.7 Å². The molecule has 0 spiro atoms. The molecule has 0 aromatic heterocycles. The summed E-state index contributed by atoms with van der Waals surface area (Å²) < 4.78 is 5.09. The molecule has 5 heteroatoms. The van der Waals surface area contributed by atoms with Gasteiger partial charge in [0.1, 0.15) is 5.75 Å². The zero-order chi connectivity index (χ0) is 12.3. The Bertz CT molecular complexity index is 423. The fraction of sp³-hybridized carbons (Fsp3) is 0.417. The van der Waals surface area contributed by atoms with E-state index in [4.69, 9.17) is 16.3 Å². The minimum absolute atomic E-state index is 0.0425. The van der Waals surface area contributed by atoms with Crippen molar-refractivity contribution in [3.05, 3.63) is 28.8 Å². The number of piperazine rings is 1. The van der Waals surface area contributed by atoms with Crippen LogP contribution in [0.4, 0.5) is 0 Å². The molecule has 1 heterocycles. The van der Waals surface area contributed by atoms with Gasteiger partial charge in [-0.25, -0.2) is 0 Å². The Balaban J connectivity index is 2.03. The standard InChI is InChI=1S/C12H15ClN2O2/c1-17-11-3-2-8(5-10(11)13)4-9-6-14-7-12(16)15-9/h2-3,5,9,14H,4,6-7H2,1H3,(H,15,16). The SMILES string of the molecule is COc1ccc(CC2CNCC(=O)N2)cc1Cl. The van der Waals surface area contributed by atoms with Gasteiger partial charge in [-0.15, -0.1) is 0 Å². The number of carbonyl (C=O) groups is 1. The first kappa shape index (κ1) is 12.2. The van der Waals surface area contributed by atoms with Gasteiger partial charge in [-0.2, -0.15) is 0 Å². The van der Waals surface area contributed by atoms with Crippen molar-refractivity contribution in [3.8, 4) is 5.75 Å². The minimum atomic E-state index is 0.0425. The van der Waals surface area contributed by atoms with Crippen molar-refractivity contribution < 1.29 is 9.53 Å². The summed E-state index contributed by atoms with van der Waals surface area (Å²) >= 11 is 6.05. The summed E-state index contributed by atoms with van der Waals surface area (Å²) in [7, 11) is 1.59. The molecular weight excluding hydrogens is 240 g/mol. The number of nitrogens with one attached hydrogen (secondary N) is 2. The van der Waals surface area contributed by atoms with Crippen LogP contribution in [0.15, 0.2) is 18.2 Å². The van der Waals surface area contributed by atoms with E-state index in [1.54, 1.807) is 7.11 Å². The van der Waals surface area contributed by atoms with Crippen molar-refractivity contribution in [2.45, 2.75) is 12.5 Å². The number of halogens is 1. The first-order valence-electron chi connectivity index (χ1n) is 5.51. The molecule has 1 aromatic rings. The zero-order valence-corrected chi connectivity index (χ0v) is 10.4. The number of amides is 1. The molecule has 1 atom stereocenters. The molecule has 1 unspecified atom stereocenters. The summed E-state index contributed by atoms with van der Waals surface area (Å²) in [6.07, 6.45) is 0.766. The Morgan fingerprint density at radius 1 is 1.53 bits per heavy atom. The monoisotopic (exact) mass is 254 g/mol. The molecule has 0 radical (unpaired) electrons. The molecule has 2 rings (SSSR count). The van der Waals surface area contributed by atoms with E-state index in [0.29, 0.717) is 17.3 Å². The van der Waals surface area contributed by atoms with Gasteiger partial charge in [-0.05, 0) is 24.1 Å². The topological polar surface area (TPSA) is 50.4 Å². The number of carbonyl (C=O) groups excluding carboxylic acids is 1. The highest BCUT2D eigenvalue weighted by Gasteiger charge is 2.18. The second kappa shape index (κ2) is 5.38. The number of hydrogen-bond acceptors (Lipinski definition) is 3. The van der Waals surface area contributed by atoms with E-state index in [1.165, 1.54) is 0 Å². The average Bonchev–Trinajstić information content (AvgIpc) is 2.29. The fourth-order valence-electron chi connectivity index (χ4n) is 1.93. The van der Waals surface area contributed by atoms with Gasteiger partial charge >= 0.3 is 0 Å². The second-order valence-electron chi connectivity index (χ2n) is 4.07. The maximum atomic E-state index is 11.2. The zero-order valence-electron chi connectivity index (χ0n) is 9.63. The molecule has 1 amide bonds. The Morgan fingerprint density at radius 3 is 3.00 bits per heavy atom. The maximum absolute atomic E-state index is 11.2. The number of hydrogen-bond donors (Lipinski definition) is 2. The summed E-state index contributed by atoms with van der Waals surface area (Å²) in [5.74, 6) is 0.710. The van der Waals surface area contributed by atoms with Gasteiger partial charge in [0.25, 0.3) is 0 Å². The lowest BCUT2D eigenvalue weighted by molar-refractivity contribution is -0.122. The molecule has 1 fully saturated rings. The van der Waals surface area contributed by atoms with Crippen LogP contribution >= 0.6 is 11.6 Å². The maximum Gasteiger partial charge on any atom is 0.234 e. The predicted molar refractivity (Wildman–Crippen MR) is 66.5 cm³/mol. The van der Waals surface area contributed by atoms with Crippen LogP contribution in [0.5, 0.6) is 5.75 Å². The molecule has 1 aliphatic rings. The lowest BCUT2D eigenvalue weighted by Gasteiger charge is -2.24. The van der Waals surface area contributed by atoms with Crippen LogP contribution < -0.4 is 15.4 Å². The third-order valence-corrected chi connectivity index (χ3v) is 3.04. The van der Waals surface area contributed by atoms with Crippen molar-refractivity contribution in [1.82, 2.24) is 10.6 Å². The van der Waals surface area contributed by atoms with Crippen molar-refractivity contribution in [2.75, 3.05) is 20.2 Å². The molecule has 17 heavy (non-hydrogen) atoms. The fourth-order valence-corrected chi connectivity index (χ4v) is 2.21. The Hall–Kier alpha value is -1.26. The van der Waals surface area contributed by atoms with Crippen LogP contribution in [0.3, 0.4) is 0 Å². The van der Waals surface area contributed by atoms with E-state index in [0.717, 1.165) is 18.5 Å². The van der Waals surface area contributed by atoms with Gasteiger partial charge in [0.2, 0.25) is 5.91 Å². The van der Waals surface area contributed by atoms with E-state index in [9.17, 15) is 4.79 Å². The minimum Gasteiger partial charge on any atom is -0.495 e. The Kier molecular flexibility index (Phi) is 3.86. The lowest BCUT2D eigenvalue weighted by Crippen LogP contribution is -2.52. The molecule has 1 aliphatic heterocycles. The number of benzene rings is 1. The van der Waals surface area contributed by atoms with E-state index in [-0.39, 0.29) is 11.9 Å². The molecule has 0 bridgehead atoms. The van der Waals surface area contributed by atoms with E-state index < -0.39 is 0 Å². The summed E-state index contributed by atoms with van der Waals surface area (Å²) in [6.45, 7) is 1.19. The van der Waals surface area contributed by atoms with Crippen molar-refractivity contribution >= 4 is 17.5 Å². The number of ether oxygens (including phenoxy) is 1. The largest absolute Gasteiger partial charge is 0.495 e. The third kappa shape index (κ3) is 3.11. The Labute approximate surface area is 105 Å². The van der Waals surface area contributed by atoms with E-state index >= 15 is 0 Å². The Morgan fingerprint density at radius 2 is 2.35 bits per heavy atom.